The highest BCUT2D eigenvalue weighted by molar-refractivity contribution is 4.36. The number of rotatable bonds is 3. The molecular formula is C3H8N2O2. The summed E-state index contributed by atoms with van der Waals surface area (Å²) in [5.74, 6) is 0. The molecule has 0 bridgehead atoms. The molecule has 0 unspecified atom stereocenters. The Balaban J connectivity index is 2.98. The zero-order valence-corrected chi connectivity index (χ0v) is 4.16. The third-order valence-corrected chi connectivity index (χ3v) is 0.563. The van der Waals surface area contributed by atoms with Gasteiger partial charge in [-0.25, -0.2) is 0 Å². The van der Waals surface area contributed by atoms with Gasteiger partial charge in [-0.1, -0.05) is 0 Å². The molecule has 0 aromatic heterocycles. The van der Waals surface area contributed by atoms with Crippen LogP contribution < -0.4 is 0 Å². The Hall–Kier alpha value is -0.640. The van der Waals surface area contributed by atoms with Crippen molar-refractivity contribution in [1.29, 1.82) is 0 Å². The van der Waals surface area contributed by atoms with Crippen molar-refractivity contribution >= 4 is 0 Å². The lowest BCUT2D eigenvalue weighted by Crippen LogP contribution is -2.14. The van der Waals surface area contributed by atoms with Crippen molar-refractivity contribution < 1.29 is 5.11 Å². The number of nitroso groups, excluding NO2 is 1. The van der Waals surface area contributed by atoms with Gasteiger partial charge in [0.2, 0.25) is 0 Å². The number of hydrogen-bond acceptors (Lipinski definition) is 3. The van der Waals surface area contributed by atoms with Crippen LogP contribution in [-0.2, 0) is 0 Å². The van der Waals surface area contributed by atoms with Crippen LogP contribution in [0.25, 0.3) is 0 Å². The van der Waals surface area contributed by atoms with E-state index in [4.69, 9.17) is 5.11 Å². The minimum Gasteiger partial charge on any atom is -0.394 e. The lowest BCUT2D eigenvalue weighted by molar-refractivity contribution is 0.225. The van der Waals surface area contributed by atoms with Gasteiger partial charge in [0.1, 0.15) is 0 Å². The zero-order chi connectivity index (χ0) is 5.70. The SMILES string of the molecule is CN(CCO)N=O. The first-order chi connectivity index (χ1) is 3.31. The van der Waals surface area contributed by atoms with Crippen LogP contribution in [0.2, 0.25) is 0 Å². The number of hydrogen-bond donors (Lipinski definition) is 1. The van der Waals surface area contributed by atoms with Gasteiger partial charge >= 0.3 is 0 Å². The van der Waals surface area contributed by atoms with Crippen LogP contribution in [0.5, 0.6) is 0 Å². The molecule has 42 valence electrons. The third kappa shape index (κ3) is 3.18. The molecule has 0 atom stereocenters. The van der Waals surface area contributed by atoms with E-state index in [0.717, 1.165) is 5.01 Å². The van der Waals surface area contributed by atoms with Crippen LogP contribution in [0.1, 0.15) is 0 Å². The number of nitrogens with zero attached hydrogens (tertiary/aromatic N) is 2. The topological polar surface area (TPSA) is 52.9 Å². The average Bonchev–Trinajstić information content (AvgIpc) is 1.68. The van der Waals surface area contributed by atoms with Gasteiger partial charge in [0, 0.05) is 7.05 Å². The quantitative estimate of drug-likeness (QED) is 0.391. The second-order valence-corrected chi connectivity index (χ2v) is 1.19. The van der Waals surface area contributed by atoms with Crippen LogP contribution >= 0.6 is 0 Å². The molecule has 4 heteroatoms. The summed E-state index contributed by atoms with van der Waals surface area (Å²) in [7, 11) is 1.50. The van der Waals surface area contributed by atoms with E-state index in [1.54, 1.807) is 0 Å². The van der Waals surface area contributed by atoms with E-state index in [0.29, 0.717) is 6.54 Å². The van der Waals surface area contributed by atoms with Crippen molar-refractivity contribution in [3.8, 4) is 0 Å². The summed E-state index contributed by atoms with van der Waals surface area (Å²) in [4.78, 5) is 9.46. The Morgan fingerprint density at radius 2 is 2.43 bits per heavy atom. The second-order valence-electron chi connectivity index (χ2n) is 1.19. The molecule has 1 N–H and O–H groups in total. The number of likely N-dealkylation sites (N-methyl/N-ethyl adjacent to an activating group) is 1. The van der Waals surface area contributed by atoms with Crippen molar-refractivity contribution in [3.05, 3.63) is 4.91 Å². The van der Waals surface area contributed by atoms with Gasteiger partial charge < -0.3 is 5.11 Å². The second kappa shape index (κ2) is 3.55. The Morgan fingerprint density at radius 1 is 1.86 bits per heavy atom. The molecule has 0 rings (SSSR count). The Kier molecular flexibility index (Phi) is 3.22. The van der Waals surface area contributed by atoms with Gasteiger partial charge in [0.25, 0.3) is 0 Å². The molecule has 0 saturated heterocycles. The molecule has 0 aliphatic carbocycles. The highest BCUT2D eigenvalue weighted by Gasteiger charge is 1.87. The largest absolute Gasteiger partial charge is 0.394 e. The van der Waals surface area contributed by atoms with E-state index in [9.17, 15) is 4.91 Å². The van der Waals surface area contributed by atoms with Crippen molar-refractivity contribution in [2.45, 2.75) is 0 Å². The maximum absolute atomic E-state index is 9.46. The van der Waals surface area contributed by atoms with Crippen molar-refractivity contribution in [2.75, 3.05) is 20.2 Å². The van der Waals surface area contributed by atoms with E-state index >= 15 is 0 Å². The summed E-state index contributed by atoms with van der Waals surface area (Å²) in [6.07, 6.45) is 0. The molecule has 0 aliphatic heterocycles. The summed E-state index contributed by atoms with van der Waals surface area (Å²) in [6, 6.07) is 0. The monoisotopic (exact) mass is 104 g/mol. The van der Waals surface area contributed by atoms with E-state index < -0.39 is 0 Å². The summed E-state index contributed by atoms with van der Waals surface area (Å²) in [5.41, 5.74) is 0. The van der Waals surface area contributed by atoms with Crippen molar-refractivity contribution in [1.82, 2.24) is 5.01 Å². The fourth-order valence-corrected chi connectivity index (χ4v) is 0.186. The van der Waals surface area contributed by atoms with Crippen LogP contribution in [0.4, 0.5) is 0 Å². The predicted molar refractivity (Wildman–Crippen MR) is 25.5 cm³/mol. The van der Waals surface area contributed by atoms with Crippen molar-refractivity contribution in [2.24, 2.45) is 5.29 Å². The molecule has 0 aliphatic rings. The molecular weight excluding hydrogens is 96.0 g/mol. The first-order valence-corrected chi connectivity index (χ1v) is 1.96. The van der Waals surface area contributed by atoms with Gasteiger partial charge in [-0.3, -0.25) is 5.01 Å². The average molecular weight is 104 g/mol. The minimum atomic E-state index is -0.0256. The number of aliphatic hydroxyl groups is 1. The molecule has 0 radical (unpaired) electrons. The molecule has 7 heavy (non-hydrogen) atoms. The fourth-order valence-electron chi connectivity index (χ4n) is 0.186. The molecule has 0 heterocycles. The van der Waals surface area contributed by atoms with Crippen LogP contribution in [0, 0.1) is 4.91 Å². The highest BCUT2D eigenvalue weighted by Crippen LogP contribution is 1.76. The molecule has 0 spiro atoms. The number of aliphatic hydroxyl groups excluding tert-OH is 1. The standard InChI is InChI=1S/C3H8N2O2/c1-5(4-7)2-3-6/h6H,2-3H2,1H3. The van der Waals surface area contributed by atoms with Gasteiger partial charge in [-0.2, -0.15) is 0 Å². The van der Waals surface area contributed by atoms with Crippen LogP contribution in [0.3, 0.4) is 0 Å². The maximum Gasteiger partial charge on any atom is 0.0624 e. The summed E-state index contributed by atoms with van der Waals surface area (Å²) in [5, 5.41) is 11.8. The molecule has 0 saturated carbocycles. The van der Waals surface area contributed by atoms with Crippen LogP contribution in [0.15, 0.2) is 5.29 Å². The maximum atomic E-state index is 9.46. The first kappa shape index (κ1) is 6.36. The molecule has 0 aromatic carbocycles. The minimum absolute atomic E-state index is 0.0256. The Labute approximate surface area is 41.7 Å². The van der Waals surface area contributed by atoms with Gasteiger partial charge in [-0.05, 0) is 0 Å². The molecule has 0 amide bonds. The van der Waals surface area contributed by atoms with Gasteiger partial charge in [0.15, 0.2) is 0 Å². The lowest BCUT2D eigenvalue weighted by atomic mass is 10.7. The van der Waals surface area contributed by atoms with E-state index in [2.05, 4.69) is 5.29 Å². The lowest BCUT2D eigenvalue weighted by Gasteiger charge is -2.02. The molecule has 0 aromatic rings. The molecule has 0 fully saturated rings. The van der Waals surface area contributed by atoms with Gasteiger partial charge in [-0.15, -0.1) is 4.91 Å². The predicted octanol–water partition coefficient (Wildman–Crippen LogP) is -0.408. The van der Waals surface area contributed by atoms with Crippen LogP contribution in [-0.4, -0.2) is 30.3 Å². The Bertz CT molecular complexity index is 56.9. The highest BCUT2D eigenvalue weighted by atomic mass is 16.3. The van der Waals surface area contributed by atoms with Crippen molar-refractivity contribution in [3.63, 3.8) is 0 Å². The summed E-state index contributed by atoms with van der Waals surface area (Å²) >= 11 is 0. The normalized spacial score (nSPS) is 8.29. The van der Waals surface area contributed by atoms with E-state index in [1.165, 1.54) is 7.05 Å². The molecule has 4 nitrogen and oxygen atoms in total. The van der Waals surface area contributed by atoms with E-state index in [1.807, 2.05) is 0 Å². The Morgan fingerprint density at radius 3 is 2.57 bits per heavy atom. The van der Waals surface area contributed by atoms with Gasteiger partial charge in [0.05, 0.1) is 18.4 Å². The fraction of sp³-hybridized carbons (Fsp3) is 1.00. The third-order valence-electron chi connectivity index (χ3n) is 0.563. The summed E-state index contributed by atoms with van der Waals surface area (Å²) in [6.45, 7) is 0.283. The van der Waals surface area contributed by atoms with E-state index in [-0.39, 0.29) is 6.61 Å². The smallest absolute Gasteiger partial charge is 0.0624 e. The summed E-state index contributed by atoms with van der Waals surface area (Å²) < 4.78 is 0. The first-order valence-electron chi connectivity index (χ1n) is 1.96. The zero-order valence-electron chi connectivity index (χ0n) is 4.16.